The summed E-state index contributed by atoms with van der Waals surface area (Å²) in [7, 11) is 1.93. The molecule has 3 nitrogen and oxygen atoms in total. The number of halogens is 1. The molecule has 0 spiro atoms. The van der Waals surface area contributed by atoms with Crippen LogP contribution in [0.15, 0.2) is 54.9 Å². The maximum absolute atomic E-state index is 4.55. The van der Waals surface area contributed by atoms with Crippen LogP contribution in [-0.2, 0) is 7.05 Å². The number of benzene rings is 1. The van der Waals surface area contributed by atoms with Crippen molar-refractivity contribution in [3.8, 4) is 22.5 Å². The zero-order valence-corrected chi connectivity index (χ0v) is 12.6. The van der Waals surface area contributed by atoms with E-state index in [4.69, 9.17) is 0 Å². The summed E-state index contributed by atoms with van der Waals surface area (Å²) in [5.74, 6) is 0. The first kappa shape index (κ1) is 12.3. The van der Waals surface area contributed by atoms with Gasteiger partial charge in [0.05, 0.1) is 21.2 Å². The van der Waals surface area contributed by atoms with E-state index in [1.54, 1.807) is 0 Å². The number of pyridine rings is 1. The Bertz CT molecular complexity index is 668. The van der Waals surface area contributed by atoms with E-state index in [0.717, 1.165) is 20.5 Å². The average Bonchev–Trinajstić information content (AvgIpc) is 2.79. The summed E-state index contributed by atoms with van der Waals surface area (Å²) in [6, 6.07) is 14.4. The van der Waals surface area contributed by atoms with Gasteiger partial charge in [0.15, 0.2) is 0 Å². The first-order valence-electron chi connectivity index (χ1n) is 5.95. The van der Waals surface area contributed by atoms with Gasteiger partial charge in [-0.15, -0.1) is 0 Å². The minimum absolute atomic E-state index is 0.948. The fourth-order valence-electron chi connectivity index (χ4n) is 2.03. The lowest BCUT2D eigenvalue weighted by Gasteiger charge is -2.05. The molecule has 3 rings (SSSR count). The molecule has 0 atom stereocenters. The second-order valence-electron chi connectivity index (χ2n) is 4.26. The van der Waals surface area contributed by atoms with E-state index in [1.807, 2.05) is 48.4 Å². The Balaban J connectivity index is 2.00. The van der Waals surface area contributed by atoms with Gasteiger partial charge in [-0.1, -0.05) is 36.4 Å². The molecule has 0 aliphatic carbocycles. The van der Waals surface area contributed by atoms with Crippen LogP contribution >= 0.6 is 22.6 Å². The van der Waals surface area contributed by atoms with Crippen molar-refractivity contribution in [3.63, 3.8) is 0 Å². The van der Waals surface area contributed by atoms with Gasteiger partial charge in [0, 0.05) is 18.8 Å². The molecule has 1 aromatic carbocycles. The van der Waals surface area contributed by atoms with Crippen LogP contribution in [0.4, 0.5) is 0 Å². The zero-order valence-electron chi connectivity index (χ0n) is 10.4. The standard InChI is InChI=1S/C15H12IN3/c1-19-15(13(16)10-18-19)14-8-7-12(9-17-14)11-5-3-2-4-6-11/h2-10H,1H3. The second-order valence-corrected chi connectivity index (χ2v) is 5.43. The second kappa shape index (κ2) is 5.13. The minimum Gasteiger partial charge on any atom is -0.265 e. The largest absolute Gasteiger partial charge is 0.265 e. The normalized spacial score (nSPS) is 10.6. The number of aryl methyl sites for hydroxylation is 1. The van der Waals surface area contributed by atoms with E-state index in [2.05, 4.69) is 50.9 Å². The van der Waals surface area contributed by atoms with E-state index in [-0.39, 0.29) is 0 Å². The maximum Gasteiger partial charge on any atom is 0.0996 e. The molecule has 0 saturated heterocycles. The van der Waals surface area contributed by atoms with Gasteiger partial charge in [-0.05, 0) is 34.2 Å². The fourth-order valence-corrected chi connectivity index (χ4v) is 2.78. The molecule has 0 unspecified atom stereocenters. The van der Waals surface area contributed by atoms with Gasteiger partial charge in [-0.2, -0.15) is 5.10 Å². The predicted octanol–water partition coefficient (Wildman–Crippen LogP) is 3.75. The van der Waals surface area contributed by atoms with Crippen molar-refractivity contribution in [3.05, 3.63) is 58.4 Å². The quantitative estimate of drug-likeness (QED) is 0.651. The molecule has 94 valence electrons. The molecule has 19 heavy (non-hydrogen) atoms. The Kier molecular flexibility index (Phi) is 3.33. The summed E-state index contributed by atoms with van der Waals surface area (Å²) in [4.78, 5) is 4.55. The Hall–Kier alpha value is -1.69. The number of hydrogen-bond acceptors (Lipinski definition) is 2. The molecule has 0 bridgehead atoms. The molecule has 0 radical (unpaired) electrons. The van der Waals surface area contributed by atoms with Gasteiger partial charge in [-0.3, -0.25) is 9.67 Å². The monoisotopic (exact) mass is 361 g/mol. The van der Waals surface area contributed by atoms with Crippen molar-refractivity contribution in [1.29, 1.82) is 0 Å². The van der Waals surface area contributed by atoms with Crippen molar-refractivity contribution >= 4 is 22.6 Å². The number of aromatic nitrogens is 3. The lowest BCUT2D eigenvalue weighted by Crippen LogP contribution is -1.96. The van der Waals surface area contributed by atoms with Crippen LogP contribution in [0.1, 0.15) is 0 Å². The van der Waals surface area contributed by atoms with E-state index in [9.17, 15) is 0 Å². The van der Waals surface area contributed by atoms with Crippen LogP contribution in [0, 0.1) is 3.57 Å². The zero-order chi connectivity index (χ0) is 13.2. The molecule has 3 aromatic rings. The van der Waals surface area contributed by atoms with Crippen LogP contribution in [0.3, 0.4) is 0 Å². The molecular formula is C15H12IN3. The first-order valence-corrected chi connectivity index (χ1v) is 7.03. The predicted molar refractivity (Wildman–Crippen MR) is 84.6 cm³/mol. The van der Waals surface area contributed by atoms with Crippen LogP contribution in [0.5, 0.6) is 0 Å². The molecule has 2 heterocycles. The third kappa shape index (κ3) is 2.40. The fraction of sp³-hybridized carbons (Fsp3) is 0.0667. The molecule has 0 aliphatic rings. The summed E-state index contributed by atoms with van der Waals surface area (Å²) in [5, 5.41) is 4.24. The summed E-state index contributed by atoms with van der Waals surface area (Å²) in [5.41, 5.74) is 4.31. The molecule has 2 aromatic heterocycles. The highest BCUT2D eigenvalue weighted by molar-refractivity contribution is 14.1. The van der Waals surface area contributed by atoms with Crippen LogP contribution < -0.4 is 0 Å². The highest BCUT2D eigenvalue weighted by Crippen LogP contribution is 2.25. The lowest BCUT2D eigenvalue weighted by atomic mass is 10.1. The topological polar surface area (TPSA) is 30.7 Å². The van der Waals surface area contributed by atoms with Gasteiger partial charge in [-0.25, -0.2) is 0 Å². The smallest absolute Gasteiger partial charge is 0.0996 e. The maximum atomic E-state index is 4.55. The Labute approximate surface area is 125 Å². The summed E-state index contributed by atoms with van der Waals surface area (Å²) in [6.45, 7) is 0. The number of hydrogen-bond donors (Lipinski definition) is 0. The molecule has 0 aliphatic heterocycles. The lowest BCUT2D eigenvalue weighted by molar-refractivity contribution is 0.773. The van der Waals surface area contributed by atoms with E-state index in [1.165, 1.54) is 5.56 Å². The van der Waals surface area contributed by atoms with Gasteiger partial charge in [0.25, 0.3) is 0 Å². The third-order valence-electron chi connectivity index (χ3n) is 3.01. The summed E-state index contributed by atoms with van der Waals surface area (Å²) >= 11 is 2.28. The minimum atomic E-state index is 0.948. The van der Waals surface area contributed by atoms with Crippen molar-refractivity contribution in [1.82, 2.24) is 14.8 Å². The molecule has 0 fully saturated rings. The highest BCUT2D eigenvalue weighted by atomic mass is 127. The van der Waals surface area contributed by atoms with Gasteiger partial charge in [0.2, 0.25) is 0 Å². The summed E-state index contributed by atoms with van der Waals surface area (Å²) in [6.07, 6.45) is 3.76. The third-order valence-corrected chi connectivity index (χ3v) is 3.80. The SMILES string of the molecule is Cn1ncc(I)c1-c1ccc(-c2ccccc2)cn1. The number of rotatable bonds is 2. The number of nitrogens with zero attached hydrogens (tertiary/aromatic N) is 3. The molecular weight excluding hydrogens is 349 g/mol. The van der Waals surface area contributed by atoms with Crippen LogP contribution in [0.2, 0.25) is 0 Å². The Morgan fingerprint density at radius 2 is 1.74 bits per heavy atom. The van der Waals surface area contributed by atoms with Gasteiger partial charge < -0.3 is 0 Å². The first-order chi connectivity index (χ1) is 9.25. The van der Waals surface area contributed by atoms with Crippen molar-refractivity contribution in [2.45, 2.75) is 0 Å². The molecule has 0 amide bonds. The van der Waals surface area contributed by atoms with Crippen LogP contribution in [-0.4, -0.2) is 14.8 Å². The van der Waals surface area contributed by atoms with Crippen molar-refractivity contribution in [2.75, 3.05) is 0 Å². The summed E-state index contributed by atoms with van der Waals surface area (Å²) < 4.78 is 2.96. The Morgan fingerprint density at radius 3 is 2.32 bits per heavy atom. The van der Waals surface area contributed by atoms with E-state index < -0.39 is 0 Å². The van der Waals surface area contributed by atoms with Gasteiger partial charge in [0.1, 0.15) is 0 Å². The Morgan fingerprint density at radius 1 is 0.947 bits per heavy atom. The van der Waals surface area contributed by atoms with Crippen molar-refractivity contribution in [2.24, 2.45) is 7.05 Å². The molecule has 0 N–H and O–H groups in total. The highest BCUT2D eigenvalue weighted by Gasteiger charge is 2.09. The van der Waals surface area contributed by atoms with Crippen molar-refractivity contribution < 1.29 is 0 Å². The molecule has 4 heteroatoms. The van der Waals surface area contributed by atoms with Gasteiger partial charge >= 0.3 is 0 Å². The average molecular weight is 361 g/mol. The van der Waals surface area contributed by atoms with Crippen LogP contribution in [0.25, 0.3) is 22.5 Å². The molecule has 0 saturated carbocycles. The van der Waals surface area contributed by atoms with E-state index in [0.29, 0.717) is 0 Å². The van der Waals surface area contributed by atoms with E-state index >= 15 is 0 Å².